The van der Waals surface area contributed by atoms with Crippen molar-refractivity contribution in [2.75, 3.05) is 7.11 Å². The highest BCUT2D eigenvalue weighted by molar-refractivity contribution is 7.96. The lowest BCUT2D eigenvalue weighted by Crippen LogP contribution is -2.57. The molecular weight excluding hydrogens is 282 g/mol. The van der Waals surface area contributed by atoms with Gasteiger partial charge >= 0.3 is 5.96 Å². The van der Waals surface area contributed by atoms with Crippen LogP contribution in [0.5, 0.6) is 5.75 Å². The molecule has 0 radical (unpaired) electrons. The summed E-state index contributed by atoms with van der Waals surface area (Å²) in [5.74, 6) is 3.17. The molecule has 1 aromatic rings. The molecule has 2 aliphatic heterocycles. The van der Waals surface area contributed by atoms with Crippen LogP contribution in [0.1, 0.15) is 42.5 Å². The van der Waals surface area contributed by atoms with E-state index in [-0.39, 0.29) is 0 Å². The number of hydrogen-bond donors (Lipinski definition) is 0. The number of aliphatic imine (C=N–C) groups is 1. The van der Waals surface area contributed by atoms with Crippen LogP contribution in [-0.2, 0) is 5.75 Å². The number of fused-ring (bicyclic) bond motifs is 5. The topological polar surface area (TPSA) is 28.7 Å². The molecule has 4 nitrogen and oxygen atoms in total. The average Bonchev–Trinajstić information content (AvgIpc) is 2.87. The number of rotatable bonds is 1. The van der Waals surface area contributed by atoms with Crippen molar-refractivity contribution >= 4 is 17.9 Å². The first kappa shape index (κ1) is 13.4. The molecule has 2 atom stereocenters. The summed E-state index contributed by atoms with van der Waals surface area (Å²) in [4.78, 5) is 5.06. The predicted octanol–water partition coefficient (Wildman–Crippen LogP) is 2.59. The molecular formula is C16H22N3OS+. The Balaban J connectivity index is 1.82. The van der Waals surface area contributed by atoms with Gasteiger partial charge in [-0.25, -0.2) is 4.57 Å². The maximum atomic E-state index is 5.57. The molecule has 0 amide bonds. The molecule has 0 aromatic carbocycles. The first-order valence-corrected chi connectivity index (χ1v) is 8.74. The van der Waals surface area contributed by atoms with Crippen molar-refractivity contribution in [3.8, 4) is 5.75 Å². The summed E-state index contributed by atoms with van der Waals surface area (Å²) in [6, 6.07) is 1.12. The van der Waals surface area contributed by atoms with Crippen LogP contribution in [0.2, 0.25) is 0 Å². The lowest BCUT2D eigenvalue weighted by Gasteiger charge is -2.29. The number of hydrogen-bond acceptors (Lipinski definition) is 4. The molecule has 1 fully saturated rings. The zero-order chi connectivity index (χ0) is 14.6. The van der Waals surface area contributed by atoms with E-state index in [0.29, 0.717) is 12.1 Å². The number of aryl methyl sites for hydroxylation is 1. The van der Waals surface area contributed by atoms with Crippen molar-refractivity contribution in [2.45, 2.75) is 57.4 Å². The van der Waals surface area contributed by atoms with Crippen LogP contribution in [0.15, 0.2) is 11.2 Å². The fourth-order valence-corrected chi connectivity index (χ4v) is 5.23. The lowest BCUT2D eigenvalue weighted by molar-refractivity contribution is -0.573. The summed E-state index contributed by atoms with van der Waals surface area (Å²) in [6.07, 6.45) is 7.40. The predicted molar refractivity (Wildman–Crippen MR) is 84.7 cm³/mol. The molecule has 1 aromatic heterocycles. The van der Waals surface area contributed by atoms with Gasteiger partial charge in [0, 0.05) is 23.1 Å². The van der Waals surface area contributed by atoms with Gasteiger partial charge in [0.05, 0.1) is 19.1 Å². The Kier molecular flexibility index (Phi) is 3.14. The average molecular weight is 304 g/mol. The van der Waals surface area contributed by atoms with Crippen molar-refractivity contribution in [1.82, 2.24) is 4.31 Å². The number of ether oxygens (including phenoxy) is 1. The Hall–Kier alpha value is -1.23. The maximum Gasteiger partial charge on any atom is 0.405 e. The first-order chi connectivity index (χ1) is 10.2. The number of aromatic nitrogens is 1. The van der Waals surface area contributed by atoms with Crippen molar-refractivity contribution in [3.63, 3.8) is 0 Å². The molecule has 0 saturated heterocycles. The van der Waals surface area contributed by atoms with E-state index in [1.807, 2.05) is 11.9 Å². The second-order valence-electron chi connectivity index (χ2n) is 6.23. The van der Waals surface area contributed by atoms with E-state index in [4.69, 9.17) is 9.73 Å². The van der Waals surface area contributed by atoms with Gasteiger partial charge in [-0.05, 0) is 39.5 Å². The van der Waals surface area contributed by atoms with Gasteiger partial charge in [-0.15, -0.1) is 4.99 Å². The highest BCUT2D eigenvalue weighted by atomic mass is 32.2. The number of pyridine rings is 1. The summed E-state index contributed by atoms with van der Waals surface area (Å²) in [7, 11) is 1.76. The maximum absolute atomic E-state index is 5.57. The van der Waals surface area contributed by atoms with Crippen LogP contribution in [0.4, 0.5) is 0 Å². The largest absolute Gasteiger partial charge is 0.496 e. The number of methoxy groups -OCH3 is 1. The van der Waals surface area contributed by atoms with E-state index >= 15 is 0 Å². The first-order valence-electron chi connectivity index (χ1n) is 7.79. The molecule has 0 bridgehead atoms. The molecule has 0 N–H and O–H groups in total. The Bertz CT molecular complexity index is 628. The Morgan fingerprint density at radius 2 is 2.14 bits per heavy atom. The van der Waals surface area contributed by atoms with Gasteiger partial charge in [0.2, 0.25) is 0 Å². The molecule has 3 heterocycles. The van der Waals surface area contributed by atoms with Gasteiger partial charge < -0.3 is 4.74 Å². The third kappa shape index (κ3) is 1.90. The van der Waals surface area contributed by atoms with E-state index in [9.17, 15) is 0 Å². The van der Waals surface area contributed by atoms with Crippen LogP contribution < -0.4 is 9.30 Å². The van der Waals surface area contributed by atoms with E-state index < -0.39 is 0 Å². The Morgan fingerprint density at radius 1 is 1.33 bits per heavy atom. The number of nitrogens with zero attached hydrogens (tertiary/aromatic N) is 3. The highest BCUT2D eigenvalue weighted by Gasteiger charge is 2.49. The van der Waals surface area contributed by atoms with Crippen molar-refractivity contribution in [2.24, 2.45) is 4.99 Å². The minimum Gasteiger partial charge on any atom is -0.496 e. The van der Waals surface area contributed by atoms with Gasteiger partial charge in [0.15, 0.2) is 0 Å². The monoisotopic (exact) mass is 304 g/mol. The molecule has 1 saturated carbocycles. The van der Waals surface area contributed by atoms with E-state index in [1.54, 1.807) is 7.11 Å². The third-order valence-corrected chi connectivity index (χ3v) is 6.09. The zero-order valence-corrected chi connectivity index (χ0v) is 13.7. The minimum atomic E-state index is 0.502. The molecule has 21 heavy (non-hydrogen) atoms. The zero-order valence-electron chi connectivity index (χ0n) is 12.9. The summed E-state index contributed by atoms with van der Waals surface area (Å²) in [5, 5.41) is 0. The Labute approximate surface area is 130 Å². The minimum absolute atomic E-state index is 0.502. The van der Waals surface area contributed by atoms with Crippen molar-refractivity contribution in [3.05, 3.63) is 23.0 Å². The van der Waals surface area contributed by atoms with E-state index in [2.05, 4.69) is 28.9 Å². The fraction of sp³-hybridized carbons (Fsp3) is 0.625. The standard InChI is InChI=1S/C16H22N3OS/c1-10-8-18-14(11(2)15(10)20-3)9-21-19-13-7-5-4-6-12(13)17-16(18)19/h8,12-13H,4-7,9H2,1-3H3/q+1. The molecule has 1 aliphatic carbocycles. The van der Waals surface area contributed by atoms with Crippen LogP contribution in [-0.4, -0.2) is 29.5 Å². The van der Waals surface area contributed by atoms with E-state index in [0.717, 1.165) is 17.5 Å². The van der Waals surface area contributed by atoms with Crippen molar-refractivity contribution < 1.29 is 9.30 Å². The van der Waals surface area contributed by atoms with Crippen LogP contribution in [0.25, 0.3) is 0 Å². The quantitative estimate of drug-likeness (QED) is 0.590. The molecule has 5 heteroatoms. The van der Waals surface area contributed by atoms with Gasteiger partial charge in [0.1, 0.15) is 23.5 Å². The molecule has 0 spiro atoms. The normalized spacial score (nSPS) is 26.8. The molecule has 2 unspecified atom stereocenters. The summed E-state index contributed by atoms with van der Waals surface area (Å²) < 4.78 is 10.4. The summed E-state index contributed by atoms with van der Waals surface area (Å²) in [6.45, 7) is 4.28. The molecule has 112 valence electrons. The van der Waals surface area contributed by atoms with Crippen LogP contribution >= 0.6 is 11.9 Å². The summed E-state index contributed by atoms with van der Waals surface area (Å²) in [5.41, 5.74) is 3.77. The SMILES string of the molecule is COc1c(C)c[n+]2c(c1C)CSN1C2=NC2CCCCC21. The molecule has 3 aliphatic rings. The Morgan fingerprint density at radius 3 is 2.95 bits per heavy atom. The van der Waals surface area contributed by atoms with Crippen LogP contribution in [0, 0.1) is 13.8 Å². The second kappa shape index (κ2) is 4.90. The van der Waals surface area contributed by atoms with Gasteiger partial charge in [-0.1, -0.05) is 0 Å². The fourth-order valence-electron chi connectivity index (χ4n) is 3.93. The van der Waals surface area contributed by atoms with Gasteiger partial charge in [-0.2, -0.15) is 4.31 Å². The lowest BCUT2D eigenvalue weighted by atomic mass is 9.92. The highest BCUT2D eigenvalue weighted by Crippen LogP contribution is 2.38. The van der Waals surface area contributed by atoms with Crippen LogP contribution in [0.3, 0.4) is 0 Å². The van der Waals surface area contributed by atoms with E-state index in [1.165, 1.54) is 42.5 Å². The second-order valence-corrected chi connectivity index (χ2v) is 7.17. The summed E-state index contributed by atoms with van der Waals surface area (Å²) >= 11 is 1.93. The van der Waals surface area contributed by atoms with Gasteiger partial charge in [0.25, 0.3) is 0 Å². The molecule has 4 rings (SSSR count). The van der Waals surface area contributed by atoms with Gasteiger partial charge in [-0.3, -0.25) is 0 Å². The smallest absolute Gasteiger partial charge is 0.405 e. The van der Waals surface area contributed by atoms with Crippen molar-refractivity contribution in [1.29, 1.82) is 0 Å². The third-order valence-electron chi connectivity index (χ3n) is 4.98.